The van der Waals surface area contributed by atoms with Crippen LogP contribution in [-0.4, -0.2) is 11.1 Å². The van der Waals surface area contributed by atoms with Gasteiger partial charge in [0.15, 0.2) is 11.5 Å². The number of nitrogens with zero attached hydrogens (tertiary/aromatic N) is 1. The van der Waals surface area contributed by atoms with E-state index in [9.17, 15) is 4.79 Å². The summed E-state index contributed by atoms with van der Waals surface area (Å²) in [5.74, 6) is 0.627. The first-order valence-corrected chi connectivity index (χ1v) is 5.70. The van der Waals surface area contributed by atoms with E-state index in [0.717, 1.165) is 0 Å². The number of hydrogen-bond acceptors (Lipinski definition) is 4. The van der Waals surface area contributed by atoms with Crippen molar-refractivity contribution in [2.24, 2.45) is 0 Å². The zero-order chi connectivity index (χ0) is 13.1. The van der Waals surface area contributed by atoms with Gasteiger partial charge in [-0.15, -0.1) is 0 Å². The SMILES string of the molecule is O=C(Nc1ccccc1)c1cc(-c2ccco2)on1. The van der Waals surface area contributed by atoms with Crippen LogP contribution in [0.5, 0.6) is 0 Å². The van der Waals surface area contributed by atoms with Gasteiger partial charge in [0.1, 0.15) is 0 Å². The summed E-state index contributed by atoms with van der Waals surface area (Å²) in [6.07, 6.45) is 1.53. The van der Waals surface area contributed by atoms with Crippen molar-refractivity contribution in [1.29, 1.82) is 0 Å². The van der Waals surface area contributed by atoms with Crippen molar-refractivity contribution < 1.29 is 13.7 Å². The number of anilines is 1. The fourth-order valence-corrected chi connectivity index (χ4v) is 1.63. The summed E-state index contributed by atoms with van der Waals surface area (Å²) in [6.45, 7) is 0. The van der Waals surface area contributed by atoms with Gasteiger partial charge >= 0.3 is 0 Å². The summed E-state index contributed by atoms with van der Waals surface area (Å²) in [5.41, 5.74) is 0.908. The zero-order valence-corrected chi connectivity index (χ0v) is 9.87. The molecule has 0 aliphatic carbocycles. The third kappa shape index (κ3) is 2.40. The smallest absolute Gasteiger partial charge is 0.277 e. The lowest BCUT2D eigenvalue weighted by Gasteiger charge is -2.00. The van der Waals surface area contributed by atoms with E-state index in [1.807, 2.05) is 18.2 Å². The number of para-hydroxylation sites is 1. The molecule has 2 heterocycles. The Balaban J connectivity index is 1.78. The molecule has 94 valence electrons. The Labute approximate surface area is 108 Å². The highest BCUT2D eigenvalue weighted by atomic mass is 16.5. The van der Waals surface area contributed by atoms with Gasteiger partial charge in [-0.25, -0.2) is 0 Å². The molecule has 0 aliphatic heterocycles. The molecule has 0 radical (unpaired) electrons. The summed E-state index contributed by atoms with van der Waals surface area (Å²) in [5, 5.41) is 6.45. The molecule has 3 aromatic rings. The van der Waals surface area contributed by atoms with Crippen molar-refractivity contribution in [3.8, 4) is 11.5 Å². The van der Waals surface area contributed by atoms with Crippen LogP contribution in [-0.2, 0) is 0 Å². The second-order valence-corrected chi connectivity index (χ2v) is 3.87. The first kappa shape index (κ1) is 11.3. The van der Waals surface area contributed by atoms with E-state index in [1.54, 1.807) is 24.3 Å². The number of aromatic nitrogens is 1. The highest BCUT2D eigenvalue weighted by molar-refractivity contribution is 6.03. The van der Waals surface area contributed by atoms with E-state index in [2.05, 4.69) is 10.5 Å². The maximum absolute atomic E-state index is 11.9. The van der Waals surface area contributed by atoms with E-state index in [4.69, 9.17) is 8.94 Å². The fourth-order valence-electron chi connectivity index (χ4n) is 1.63. The first-order chi connectivity index (χ1) is 9.33. The lowest BCUT2D eigenvalue weighted by atomic mass is 10.3. The lowest BCUT2D eigenvalue weighted by Crippen LogP contribution is -2.11. The summed E-state index contributed by atoms with van der Waals surface area (Å²) in [7, 11) is 0. The monoisotopic (exact) mass is 254 g/mol. The van der Waals surface area contributed by atoms with Gasteiger partial charge in [-0.05, 0) is 24.3 Å². The van der Waals surface area contributed by atoms with Crippen LogP contribution in [0.2, 0.25) is 0 Å². The maximum Gasteiger partial charge on any atom is 0.277 e. The minimum atomic E-state index is -0.326. The van der Waals surface area contributed by atoms with E-state index in [0.29, 0.717) is 17.2 Å². The van der Waals surface area contributed by atoms with Crippen molar-refractivity contribution in [1.82, 2.24) is 5.16 Å². The van der Waals surface area contributed by atoms with Crippen LogP contribution in [0.15, 0.2) is 63.7 Å². The van der Waals surface area contributed by atoms with Crippen LogP contribution < -0.4 is 5.32 Å². The molecule has 0 bridgehead atoms. The average molecular weight is 254 g/mol. The number of nitrogens with one attached hydrogen (secondary N) is 1. The Morgan fingerprint density at radius 2 is 1.89 bits per heavy atom. The van der Waals surface area contributed by atoms with Crippen LogP contribution in [0, 0.1) is 0 Å². The Morgan fingerprint density at radius 1 is 1.05 bits per heavy atom. The molecule has 1 aromatic carbocycles. The van der Waals surface area contributed by atoms with Gasteiger partial charge in [-0.1, -0.05) is 23.4 Å². The van der Waals surface area contributed by atoms with Gasteiger partial charge in [0.2, 0.25) is 5.76 Å². The summed E-state index contributed by atoms with van der Waals surface area (Å²) >= 11 is 0. The van der Waals surface area contributed by atoms with Crippen LogP contribution in [0.3, 0.4) is 0 Å². The Kier molecular flexibility index (Phi) is 2.86. The second-order valence-electron chi connectivity index (χ2n) is 3.87. The van der Waals surface area contributed by atoms with Crippen LogP contribution in [0.4, 0.5) is 5.69 Å². The Hall–Kier alpha value is -2.82. The third-order valence-electron chi connectivity index (χ3n) is 2.54. The number of carbonyl (C=O) groups is 1. The quantitative estimate of drug-likeness (QED) is 0.779. The molecular weight excluding hydrogens is 244 g/mol. The molecule has 0 fully saturated rings. The fraction of sp³-hybridized carbons (Fsp3) is 0. The Morgan fingerprint density at radius 3 is 2.63 bits per heavy atom. The highest BCUT2D eigenvalue weighted by Crippen LogP contribution is 2.20. The van der Waals surface area contributed by atoms with E-state index in [1.165, 1.54) is 12.3 Å². The second kappa shape index (κ2) is 4.81. The average Bonchev–Trinajstić information content (AvgIpc) is 3.11. The predicted molar refractivity (Wildman–Crippen MR) is 68.6 cm³/mol. The largest absolute Gasteiger partial charge is 0.461 e. The zero-order valence-electron chi connectivity index (χ0n) is 9.87. The number of benzene rings is 1. The van der Waals surface area contributed by atoms with Crippen LogP contribution >= 0.6 is 0 Å². The maximum atomic E-state index is 11.9. The van der Waals surface area contributed by atoms with Gasteiger partial charge in [0.25, 0.3) is 5.91 Å². The Bertz CT molecular complexity index is 672. The first-order valence-electron chi connectivity index (χ1n) is 5.70. The van der Waals surface area contributed by atoms with E-state index in [-0.39, 0.29) is 11.6 Å². The van der Waals surface area contributed by atoms with Crippen molar-refractivity contribution in [2.45, 2.75) is 0 Å². The van der Waals surface area contributed by atoms with Gasteiger partial charge in [0.05, 0.1) is 6.26 Å². The van der Waals surface area contributed by atoms with Crippen molar-refractivity contribution in [2.75, 3.05) is 5.32 Å². The number of furan rings is 1. The molecule has 0 saturated carbocycles. The minimum Gasteiger partial charge on any atom is -0.461 e. The molecule has 1 N–H and O–H groups in total. The third-order valence-corrected chi connectivity index (χ3v) is 2.54. The van der Waals surface area contributed by atoms with Crippen molar-refractivity contribution in [3.05, 3.63) is 60.5 Å². The van der Waals surface area contributed by atoms with Gasteiger partial charge in [-0.3, -0.25) is 4.79 Å². The van der Waals surface area contributed by atoms with Crippen LogP contribution in [0.25, 0.3) is 11.5 Å². The molecule has 0 atom stereocenters. The molecule has 2 aromatic heterocycles. The predicted octanol–water partition coefficient (Wildman–Crippen LogP) is 3.19. The standard InChI is InChI=1S/C14H10N2O3/c17-14(15-10-5-2-1-3-6-10)11-9-13(19-16-11)12-7-4-8-18-12/h1-9H,(H,15,17). The van der Waals surface area contributed by atoms with E-state index >= 15 is 0 Å². The van der Waals surface area contributed by atoms with E-state index < -0.39 is 0 Å². The lowest BCUT2D eigenvalue weighted by molar-refractivity contribution is 0.101. The highest BCUT2D eigenvalue weighted by Gasteiger charge is 2.15. The molecule has 0 saturated heterocycles. The number of carbonyl (C=O) groups excluding carboxylic acids is 1. The summed E-state index contributed by atoms with van der Waals surface area (Å²) < 4.78 is 10.2. The molecule has 5 heteroatoms. The van der Waals surface area contributed by atoms with Gasteiger partial charge in [-0.2, -0.15) is 0 Å². The topological polar surface area (TPSA) is 68.3 Å². The number of amides is 1. The summed E-state index contributed by atoms with van der Waals surface area (Å²) in [6, 6.07) is 14.2. The molecule has 5 nitrogen and oxygen atoms in total. The molecule has 19 heavy (non-hydrogen) atoms. The number of rotatable bonds is 3. The molecular formula is C14H10N2O3. The number of hydrogen-bond donors (Lipinski definition) is 1. The van der Waals surface area contributed by atoms with Crippen molar-refractivity contribution >= 4 is 11.6 Å². The normalized spacial score (nSPS) is 10.3. The molecule has 3 rings (SSSR count). The summed E-state index contributed by atoms with van der Waals surface area (Å²) in [4.78, 5) is 11.9. The molecule has 0 unspecified atom stereocenters. The minimum absolute atomic E-state index is 0.204. The van der Waals surface area contributed by atoms with Gasteiger partial charge < -0.3 is 14.3 Å². The van der Waals surface area contributed by atoms with Crippen LogP contribution in [0.1, 0.15) is 10.5 Å². The van der Waals surface area contributed by atoms with Crippen molar-refractivity contribution in [3.63, 3.8) is 0 Å². The molecule has 1 amide bonds. The molecule has 0 aliphatic rings. The molecule has 0 spiro atoms. The van der Waals surface area contributed by atoms with Gasteiger partial charge in [0, 0.05) is 11.8 Å².